The third-order valence-electron chi connectivity index (χ3n) is 6.16. The van der Waals surface area contributed by atoms with Crippen molar-refractivity contribution in [2.45, 2.75) is 32.6 Å². The van der Waals surface area contributed by atoms with Gasteiger partial charge in [-0.3, -0.25) is 4.79 Å². The number of nitrogens with zero attached hydrogens (tertiary/aromatic N) is 5. The number of hydrogen-bond donors (Lipinski definition) is 1. The molecule has 1 aliphatic heterocycles. The van der Waals surface area contributed by atoms with Crippen LogP contribution in [0.2, 0.25) is 0 Å². The average Bonchev–Trinajstić information content (AvgIpc) is 2.89. The predicted octanol–water partition coefficient (Wildman–Crippen LogP) is 3.88. The average molecular weight is 473 g/mol. The summed E-state index contributed by atoms with van der Waals surface area (Å²) in [5, 5.41) is 12.8. The number of benzene rings is 2. The van der Waals surface area contributed by atoms with Crippen molar-refractivity contribution in [3.63, 3.8) is 0 Å². The van der Waals surface area contributed by atoms with Crippen LogP contribution >= 0.6 is 0 Å². The van der Waals surface area contributed by atoms with Gasteiger partial charge in [0.25, 0.3) is 0 Å². The van der Waals surface area contributed by atoms with Gasteiger partial charge in [0, 0.05) is 32.7 Å². The molecule has 0 saturated carbocycles. The molecule has 2 heterocycles. The Kier molecular flexibility index (Phi) is 7.99. The molecule has 8 heteroatoms. The van der Waals surface area contributed by atoms with Crippen LogP contribution in [0.3, 0.4) is 0 Å². The van der Waals surface area contributed by atoms with E-state index < -0.39 is 5.92 Å². The number of nitriles is 1. The summed E-state index contributed by atoms with van der Waals surface area (Å²) in [6.45, 7) is 8.11. The Morgan fingerprint density at radius 2 is 1.69 bits per heavy atom. The summed E-state index contributed by atoms with van der Waals surface area (Å²) in [5.41, 5.74) is 2.92. The maximum Gasteiger partial charge on any atom is 0.243 e. The predicted molar refractivity (Wildman–Crippen MR) is 138 cm³/mol. The third-order valence-corrected chi connectivity index (χ3v) is 6.16. The van der Waals surface area contributed by atoms with Crippen LogP contribution in [0.1, 0.15) is 38.3 Å². The molecule has 1 N–H and O–H groups in total. The number of unbranched alkanes of at least 4 members (excludes halogenated alkanes) is 1. The highest BCUT2D eigenvalue weighted by Gasteiger charge is 2.30. The van der Waals surface area contributed by atoms with E-state index in [1.165, 1.54) is 0 Å². The van der Waals surface area contributed by atoms with E-state index in [0.29, 0.717) is 43.3 Å². The first-order valence-electron chi connectivity index (χ1n) is 12.3. The standard InChI is InChI=1S/C27H32N6O2/c1-3-5-14-29-27(34)20(19-28)25-26(31-22-11-7-6-10-21(22)30-25)33-17-15-32(16-18-33)23-12-8-9-13-24(23)35-4-2/h6-13,20H,3-5,14-18H2,1-2H3,(H,29,34)/t20-/m1/s1. The first kappa shape index (κ1) is 24.3. The number of hydrogen-bond acceptors (Lipinski definition) is 7. The molecule has 1 amide bonds. The quantitative estimate of drug-likeness (QED) is 0.472. The smallest absolute Gasteiger partial charge is 0.243 e. The molecule has 0 bridgehead atoms. The summed E-state index contributed by atoms with van der Waals surface area (Å²) < 4.78 is 5.82. The van der Waals surface area contributed by atoms with Crippen LogP contribution in [0, 0.1) is 11.3 Å². The Labute approximate surface area is 206 Å². The lowest BCUT2D eigenvalue weighted by atomic mass is 10.0. The van der Waals surface area contributed by atoms with Crippen molar-refractivity contribution in [2.75, 3.05) is 49.1 Å². The third kappa shape index (κ3) is 5.46. The molecule has 1 aromatic heterocycles. The van der Waals surface area contributed by atoms with Gasteiger partial charge >= 0.3 is 0 Å². The Morgan fingerprint density at radius 3 is 2.37 bits per heavy atom. The van der Waals surface area contributed by atoms with Crippen molar-refractivity contribution >= 4 is 28.4 Å². The topological polar surface area (TPSA) is 94.4 Å². The highest BCUT2D eigenvalue weighted by molar-refractivity contribution is 5.88. The van der Waals surface area contributed by atoms with Crippen LogP contribution in [0.15, 0.2) is 48.5 Å². The molecular weight excluding hydrogens is 440 g/mol. The van der Waals surface area contributed by atoms with Crippen molar-refractivity contribution in [3.05, 3.63) is 54.2 Å². The molecule has 1 atom stereocenters. The van der Waals surface area contributed by atoms with Crippen molar-refractivity contribution in [2.24, 2.45) is 0 Å². The minimum Gasteiger partial charge on any atom is -0.492 e. The van der Waals surface area contributed by atoms with E-state index in [0.717, 1.165) is 42.9 Å². The van der Waals surface area contributed by atoms with Gasteiger partial charge in [0.2, 0.25) is 5.91 Å². The molecule has 0 spiro atoms. The fourth-order valence-corrected chi connectivity index (χ4v) is 4.32. The Bertz CT molecular complexity index is 1200. The fourth-order valence-electron chi connectivity index (χ4n) is 4.32. The van der Waals surface area contributed by atoms with Gasteiger partial charge in [-0.1, -0.05) is 37.6 Å². The molecule has 0 unspecified atom stereocenters. The summed E-state index contributed by atoms with van der Waals surface area (Å²) >= 11 is 0. The van der Waals surface area contributed by atoms with Gasteiger partial charge in [0.1, 0.15) is 11.4 Å². The molecule has 1 aliphatic rings. The van der Waals surface area contributed by atoms with Gasteiger partial charge in [-0.2, -0.15) is 5.26 Å². The number of aromatic nitrogens is 2. The molecule has 1 fully saturated rings. The van der Waals surface area contributed by atoms with Crippen LogP contribution in [-0.4, -0.2) is 55.2 Å². The van der Waals surface area contributed by atoms with Gasteiger partial charge in [-0.25, -0.2) is 9.97 Å². The second-order valence-electron chi connectivity index (χ2n) is 8.50. The highest BCUT2D eigenvalue weighted by Crippen LogP contribution is 2.32. The number of amides is 1. The molecule has 4 rings (SSSR count). The molecule has 3 aromatic rings. The van der Waals surface area contributed by atoms with Crippen molar-refractivity contribution in [3.8, 4) is 11.8 Å². The van der Waals surface area contributed by atoms with Crippen molar-refractivity contribution in [1.29, 1.82) is 5.26 Å². The molecule has 0 radical (unpaired) electrons. The van der Waals surface area contributed by atoms with Gasteiger partial charge < -0.3 is 19.9 Å². The molecule has 2 aromatic carbocycles. The molecular formula is C27H32N6O2. The lowest BCUT2D eigenvalue weighted by Gasteiger charge is -2.38. The maximum atomic E-state index is 12.9. The zero-order valence-corrected chi connectivity index (χ0v) is 20.4. The van der Waals surface area contributed by atoms with Crippen LogP contribution in [0.4, 0.5) is 11.5 Å². The van der Waals surface area contributed by atoms with E-state index in [1.54, 1.807) is 0 Å². The zero-order chi connectivity index (χ0) is 24.6. The number of carbonyl (C=O) groups is 1. The first-order chi connectivity index (χ1) is 17.2. The summed E-state index contributed by atoms with van der Waals surface area (Å²) in [7, 11) is 0. The van der Waals surface area contributed by atoms with E-state index >= 15 is 0 Å². The van der Waals surface area contributed by atoms with E-state index in [2.05, 4.69) is 34.2 Å². The first-order valence-corrected chi connectivity index (χ1v) is 12.3. The van der Waals surface area contributed by atoms with Crippen LogP contribution in [0.25, 0.3) is 11.0 Å². The van der Waals surface area contributed by atoms with Gasteiger partial charge in [0.15, 0.2) is 11.7 Å². The van der Waals surface area contributed by atoms with E-state index in [-0.39, 0.29) is 5.91 Å². The van der Waals surface area contributed by atoms with Gasteiger partial charge in [0.05, 0.1) is 29.4 Å². The van der Waals surface area contributed by atoms with Crippen molar-refractivity contribution < 1.29 is 9.53 Å². The maximum absolute atomic E-state index is 12.9. The number of fused-ring (bicyclic) bond motifs is 1. The molecule has 35 heavy (non-hydrogen) atoms. The minimum atomic E-state index is -1.02. The number of para-hydroxylation sites is 4. The van der Waals surface area contributed by atoms with E-state index in [4.69, 9.17) is 14.7 Å². The van der Waals surface area contributed by atoms with Gasteiger partial charge in [-0.05, 0) is 37.6 Å². The van der Waals surface area contributed by atoms with Crippen LogP contribution in [0.5, 0.6) is 5.75 Å². The second kappa shape index (κ2) is 11.5. The van der Waals surface area contributed by atoms with E-state index in [9.17, 15) is 10.1 Å². The number of rotatable bonds is 9. The lowest BCUT2D eigenvalue weighted by molar-refractivity contribution is -0.121. The number of nitrogens with one attached hydrogen (secondary N) is 1. The highest BCUT2D eigenvalue weighted by atomic mass is 16.5. The zero-order valence-electron chi connectivity index (χ0n) is 20.4. The normalized spacial score (nSPS) is 14.4. The summed E-state index contributed by atoms with van der Waals surface area (Å²) in [6.07, 6.45) is 1.83. The minimum absolute atomic E-state index is 0.323. The number of anilines is 2. The van der Waals surface area contributed by atoms with Crippen molar-refractivity contribution in [1.82, 2.24) is 15.3 Å². The Balaban J connectivity index is 1.61. The molecule has 0 aliphatic carbocycles. The SMILES string of the molecule is CCCCNC(=O)[C@H](C#N)c1nc2ccccc2nc1N1CCN(c2ccccc2OCC)CC1. The Hall–Kier alpha value is -3.86. The molecule has 182 valence electrons. The van der Waals surface area contributed by atoms with E-state index in [1.807, 2.05) is 49.4 Å². The summed E-state index contributed by atoms with van der Waals surface area (Å²) in [4.78, 5) is 27.0. The summed E-state index contributed by atoms with van der Waals surface area (Å²) in [6, 6.07) is 17.8. The summed E-state index contributed by atoms with van der Waals surface area (Å²) in [5.74, 6) is 0.147. The second-order valence-corrected chi connectivity index (χ2v) is 8.50. The van der Waals surface area contributed by atoms with Crippen LogP contribution in [-0.2, 0) is 4.79 Å². The van der Waals surface area contributed by atoms with Gasteiger partial charge in [-0.15, -0.1) is 0 Å². The van der Waals surface area contributed by atoms with Crippen LogP contribution < -0.4 is 19.9 Å². The number of carbonyl (C=O) groups excluding carboxylic acids is 1. The number of ether oxygens (including phenoxy) is 1. The molecule has 8 nitrogen and oxygen atoms in total. The Morgan fingerprint density at radius 1 is 1.03 bits per heavy atom. The molecule has 1 saturated heterocycles. The number of piperazine rings is 1. The monoisotopic (exact) mass is 472 g/mol. The lowest BCUT2D eigenvalue weighted by Crippen LogP contribution is -2.47. The fraction of sp³-hybridized carbons (Fsp3) is 0.407. The largest absolute Gasteiger partial charge is 0.492 e.